The monoisotopic (exact) mass is 291 g/mol. The molecule has 0 aliphatic carbocycles. The van der Waals surface area contributed by atoms with Crippen LogP contribution in [0.5, 0.6) is 0 Å². The number of nitrogens with one attached hydrogen (secondary N) is 1. The van der Waals surface area contributed by atoms with E-state index < -0.39 is 0 Å². The molecule has 0 saturated carbocycles. The molecule has 1 aromatic rings. The van der Waals surface area contributed by atoms with Crippen molar-refractivity contribution in [2.75, 3.05) is 45.2 Å². The molecule has 1 saturated heterocycles. The molecule has 5 heteroatoms. The Labute approximate surface area is 128 Å². The van der Waals surface area contributed by atoms with Crippen LogP contribution in [0.4, 0.5) is 5.82 Å². The second-order valence-corrected chi connectivity index (χ2v) is 6.25. The molecule has 0 amide bonds. The molecule has 0 radical (unpaired) electrons. The lowest BCUT2D eigenvalue weighted by Gasteiger charge is -2.33. The quantitative estimate of drug-likeness (QED) is 0.776. The SMILES string of the molecule is CCCNCc1ccc(N2CCC(CN(C)C)CC2)nn1. The van der Waals surface area contributed by atoms with Gasteiger partial charge in [-0.15, -0.1) is 5.10 Å². The summed E-state index contributed by atoms with van der Waals surface area (Å²) in [6.45, 7) is 7.40. The van der Waals surface area contributed by atoms with Gasteiger partial charge in [-0.1, -0.05) is 6.92 Å². The first kappa shape index (κ1) is 16.2. The highest BCUT2D eigenvalue weighted by Gasteiger charge is 2.20. The molecule has 0 bridgehead atoms. The van der Waals surface area contributed by atoms with Crippen molar-refractivity contribution in [3.8, 4) is 0 Å². The highest BCUT2D eigenvalue weighted by molar-refractivity contribution is 5.37. The first-order valence-electron chi connectivity index (χ1n) is 8.12. The Morgan fingerprint density at radius 1 is 1.24 bits per heavy atom. The third kappa shape index (κ3) is 5.25. The summed E-state index contributed by atoms with van der Waals surface area (Å²) in [5, 5.41) is 12.1. The minimum Gasteiger partial charge on any atom is -0.355 e. The lowest BCUT2D eigenvalue weighted by atomic mass is 9.96. The van der Waals surface area contributed by atoms with Gasteiger partial charge < -0.3 is 15.1 Å². The van der Waals surface area contributed by atoms with E-state index in [9.17, 15) is 0 Å². The van der Waals surface area contributed by atoms with E-state index in [-0.39, 0.29) is 0 Å². The van der Waals surface area contributed by atoms with Crippen LogP contribution in [-0.4, -0.2) is 55.4 Å². The van der Waals surface area contributed by atoms with E-state index in [0.29, 0.717) is 0 Å². The maximum Gasteiger partial charge on any atom is 0.151 e. The van der Waals surface area contributed by atoms with Gasteiger partial charge in [0.1, 0.15) is 0 Å². The Morgan fingerprint density at radius 3 is 2.57 bits per heavy atom. The Bertz CT molecular complexity index is 396. The van der Waals surface area contributed by atoms with E-state index in [1.165, 1.54) is 19.4 Å². The topological polar surface area (TPSA) is 44.3 Å². The molecule has 0 spiro atoms. The average molecular weight is 291 g/mol. The summed E-state index contributed by atoms with van der Waals surface area (Å²) in [5.74, 6) is 1.85. The zero-order chi connectivity index (χ0) is 15.1. The summed E-state index contributed by atoms with van der Waals surface area (Å²) in [4.78, 5) is 4.65. The lowest BCUT2D eigenvalue weighted by molar-refractivity contribution is 0.284. The van der Waals surface area contributed by atoms with Gasteiger partial charge in [-0.05, 0) is 58.0 Å². The molecule has 2 rings (SSSR count). The van der Waals surface area contributed by atoms with E-state index in [1.807, 2.05) is 0 Å². The van der Waals surface area contributed by atoms with Gasteiger partial charge >= 0.3 is 0 Å². The number of hydrogen-bond acceptors (Lipinski definition) is 5. The van der Waals surface area contributed by atoms with Crippen molar-refractivity contribution in [3.63, 3.8) is 0 Å². The standard InChI is InChI=1S/C16H29N5/c1-4-9-17-12-15-5-6-16(19-18-15)21-10-7-14(8-11-21)13-20(2)3/h5-6,14,17H,4,7-13H2,1-3H3. The number of rotatable bonds is 7. The van der Waals surface area contributed by atoms with Crippen molar-refractivity contribution >= 4 is 5.82 Å². The predicted octanol–water partition coefficient (Wildman–Crippen LogP) is 1.75. The highest BCUT2D eigenvalue weighted by Crippen LogP contribution is 2.21. The first-order chi connectivity index (χ1) is 10.2. The fraction of sp³-hybridized carbons (Fsp3) is 0.750. The number of nitrogens with zero attached hydrogens (tertiary/aromatic N) is 4. The second kappa shape index (κ2) is 8.29. The van der Waals surface area contributed by atoms with Crippen molar-refractivity contribution < 1.29 is 0 Å². The number of aromatic nitrogens is 2. The summed E-state index contributed by atoms with van der Waals surface area (Å²) in [5.41, 5.74) is 1.02. The van der Waals surface area contributed by atoms with Crippen LogP contribution < -0.4 is 10.2 Å². The Hall–Kier alpha value is -1.20. The van der Waals surface area contributed by atoms with Gasteiger partial charge in [0.15, 0.2) is 5.82 Å². The molecular weight excluding hydrogens is 262 g/mol. The van der Waals surface area contributed by atoms with Gasteiger partial charge in [-0.3, -0.25) is 0 Å². The van der Waals surface area contributed by atoms with Gasteiger partial charge in [0.25, 0.3) is 0 Å². The van der Waals surface area contributed by atoms with Gasteiger partial charge in [0.2, 0.25) is 0 Å². The summed E-state index contributed by atoms with van der Waals surface area (Å²) in [6.07, 6.45) is 3.65. The van der Waals surface area contributed by atoms with Crippen LogP contribution in [-0.2, 0) is 6.54 Å². The van der Waals surface area contributed by atoms with Crippen LogP contribution in [0.1, 0.15) is 31.9 Å². The summed E-state index contributed by atoms with van der Waals surface area (Å²) < 4.78 is 0. The molecule has 118 valence electrons. The first-order valence-corrected chi connectivity index (χ1v) is 8.12. The van der Waals surface area contributed by atoms with E-state index in [4.69, 9.17) is 0 Å². The lowest BCUT2D eigenvalue weighted by Crippen LogP contribution is -2.37. The van der Waals surface area contributed by atoms with Crippen LogP contribution in [0.25, 0.3) is 0 Å². The Balaban J connectivity index is 1.80. The smallest absolute Gasteiger partial charge is 0.151 e. The minimum absolute atomic E-state index is 0.812. The molecule has 1 aliphatic heterocycles. The summed E-state index contributed by atoms with van der Waals surface area (Å²) >= 11 is 0. The third-order valence-corrected chi connectivity index (χ3v) is 4.00. The highest BCUT2D eigenvalue weighted by atomic mass is 15.3. The van der Waals surface area contributed by atoms with Crippen molar-refractivity contribution in [1.82, 2.24) is 20.4 Å². The van der Waals surface area contributed by atoms with Crippen LogP contribution >= 0.6 is 0 Å². The molecule has 1 fully saturated rings. The molecule has 1 aromatic heterocycles. The number of hydrogen-bond donors (Lipinski definition) is 1. The van der Waals surface area contributed by atoms with E-state index in [0.717, 1.165) is 50.0 Å². The Kier molecular flexibility index (Phi) is 6.39. The van der Waals surface area contributed by atoms with Crippen molar-refractivity contribution in [1.29, 1.82) is 0 Å². The van der Waals surface area contributed by atoms with Gasteiger partial charge in [-0.2, -0.15) is 5.10 Å². The van der Waals surface area contributed by atoms with E-state index >= 15 is 0 Å². The van der Waals surface area contributed by atoms with Crippen molar-refractivity contribution in [3.05, 3.63) is 17.8 Å². The molecule has 1 N–H and O–H groups in total. The molecule has 0 unspecified atom stereocenters. The molecular formula is C16H29N5. The van der Waals surface area contributed by atoms with Crippen LogP contribution in [0.3, 0.4) is 0 Å². The minimum atomic E-state index is 0.812. The van der Waals surface area contributed by atoms with E-state index in [2.05, 4.69) is 58.5 Å². The van der Waals surface area contributed by atoms with Crippen molar-refractivity contribution in [2.24, 2.45) is 5.92 Å². The molecule has 0 aromatic carbocycles. The largest absolute Gasteiger partial charge is 0.355 e. The van der Waals surface area contributed by atoms with Crippen LogP contribution in [0.15, 0.2) is 12.1 Å². The van der Waals surface area contributed by atoms with Gasteiger partial charge in [0.05, 0.1) is 5.69 Å². The maximum absolute atomic E-state index is 4.39. The molecule has 2 heterocycles. The van der Waals surface area contributed by atoms with E-state index in [1.54, 1.807) is 0 Å². The number of piperidine rings is 1. The molecule has 1 aliphatic rings. The molecule has 5 nitrogen and oxygen atoms in total. The van der Waals surface area contributed by atoms with Crippen LogP contribution in [0.2, 0.25) is 0 Å². The fourth-order valence-corrected chi connectivity index (χ4v) is 2.87. The van der Waals surface area contributed by atoms with Crippen LogP contribution in [0, 0.1) is 5.92 Å². The zero-order valence-electron chi connectivity index (χ0n) is 13.7. The summed E-state index contributed by atoms with van der Waals surface area (Å²) in [6, 6.07) is 4.21. The van der Waals surface area contributed by atoms with Gasteiger partial charge in [0, 0.05) is 26.2 Å². The van der Waals surface area contributed by atoms with Crippen molar-refractivity contribution in [2.45, 2.75) is 32.7 Å². The number of anilines is 1. The third-order valence-electron chi connectivity index (χ3n) is 4.00. The Morgan fingerprint density at radius 2 is 2.00 bits per heavy atom. The molecule has 21 heavy (non-hydrogen) atoms. The predicted molar refractivity (Wildman–Crippen MR) is 87.5 cm³/mol. The summed E-state index contributed by atoms with van der Waals surface area (Å²) in [7, 11) is 4.31. The normalized spacial score (nSPS) is 16.7. The second-order valence-electron chi connectivity index (χ2n) is 6.25. The zero-order valence-corrected chi connectivity index (χ0v) is 13.7. The molecule has 0 atom stereocenters. The fourth-order valence-electron chi connectivity index (χ4n) is 2.87. The average Bonchev–Trinajstić information content (AvgIpc) is 2.49. The van der Waals surface area contributed by atoms with Gasteiger partial charge in [-0.25, -0.2) is 0 Å². The maximum atomic E-state index is 4.39.